The predicted molar refractivity (Wildman–Crippen MR) is 73.8 cm³/mol. The first-order valence-electron chi connectivity index (χ1n) is 6.92. The zero-order valence-electron chi connectivity index (χ0n) is 11.4. The van der Waals surface area contributed by atoms with Crippen LogP contribution in [0.15, 0.2) is 24.4 Å². The lowest BCUT2D eigenvalue weighted by atomic mass is 10.2. The highest BCUT2D eigenvalue weighted by atomic mass is 19.2. The molecule has 0 spiro atoms. The standard InChI is InChI=1S/C15H11F3N4/c16-6-9-3-8(7-19-21-9)15-20-13-4-11(17)12(18)5-14(13)22(15)10-1-2-10/h3-5,7,10H,1-2,6H2. The van der Waals surface area contributed by atoms with E-state index >= 15 is 0 Å². The Balaban J connectivity index is 1.98. The summed E-state index contributed by atoms with van der Waals surface area (Å²) >= 11 is 0. The van der Waals surface area contributed by atoms with Crippen LogP contribution in [0.4, 0.5) is 13.2 Å². The fourth-order valence-electron chi connectivity index (χ4n) is 2.59. The van der Waals surface area contributed by atoms with Crippen LogP contribution in [0.2, 0.25) is 0 Å². The molecule has 1 aromatic carbocycles. The molecule has 0 N–H and O–H groups in total. The molecule has 7 heteroatoms. The van der Waals surface area contributed by atoms with Crippen molar-refractivity contribution in [1.82, 2.24) is 19.7 Å². The van der Waals surface area contributed by atoms with E-state index in [1.807, 2.05) is 4.57 Å². The fourth-order valence-corrected chi connectivity index (χ4v) is 2.59. The molecule has 3 aromatic rings. The number of benzene rings is 1. The van der Waals surface area contributed by atoms with E-state index in [0.29, 0.717) is 22.4 Å². The van der Waals surface area contributed by atoms with Crippen molar-refractivity contribution in [3.63, 3.8) is 0 Å². The van der Waals surface area contributed by atoms with Crippen molar-refractivity contribution in [2.45, 2.75) is 25.6 Å². The van der Waals surface area contributed by atoms with Crippen LogP contribution in [0.5, 0.6) is 0 Å². The lowest BCUT2D eigenvalue weighted by molar-refractivity contribution is 0.472. The quantitative estimate of drug-likeness (QED) is 0.743. The van der Waals surface area contributed by atoms with Crippen LogP contribution in [0.25, 0.3) is 22.4 Å². The second-order valence-electron chi connectivity index (χ2n) is 5.36. The summed E-state index contributed by atoms with van der Waals surface area (Å²) in [6, 6.07) is 3.99. The Morgan fingerprint density at radius 2 is 1.91 bits per heavy atom. The Bertz CT molecular complexity index is 871. The van der Waals surface area contributed by atoms with Crippen LogP contribution in [-0.2, 0) is 6.67 Å². The van der Waals surface area contributed by atoms with Gasteiger partial charge < -0.3 is 4.57 Å². The number of nitrogens with zero attached hydrogens (tertiary/aromatic N) is 4. The Morgan fingerprint density at radius 1 is 1.14 bits per heavy atom. The van der Waals surface area contributed by atoms with E-state index in [2.05, 4.69) is 15.2 Å². The van der Waals surface area contributed by atoms with Gasteiger partial charge in [-0.05, 0) is 18.9 Å². The third kappa shape index (κ3) is 2.04. The first-order chi connectivity index (χ1) is 10.7. The summed E-state index contributed by atoms with van der Waals surface area (Å²) in [5.74, 6) is -1.30. The number of imidazole rings is 1. The summed E-state index contributed by atoms with van der Waals surface area (Å²) in [5, 5.41) is 7.44. The van der Waals surface area contributed by atoms with Gasteiger partial charge in [0.05, 0.1) is 22.9 Å². The number of fused-ring (bicyclic) bond motifs is 1. The van der Waals surface area contributed by atoms with Gasteiger partial charge in [-0.25, -0.2) is 18.2 Å². The van der Waals surface area contributed by atoms with Gasteiger partial charge in [0, 0.05) is 23.7 Å². The molecule has 0 saturated heterocycles. The van der Waals surface area contributed by atoms with Crippen LogP contribution >= 0.6 is 0 Å². The van der Waals surface area contributed by atoms with E-state index in [1.165, 1.54) is 6.20 Å². The van der Waals surface area contributed by atoms with Gasteiger partial charge in [-0.15, -0.1) is 0 Å². The molecule has 2 aromatic heterocycles. The van der Waals surface area contributed by atoms with Crippen molar-refractivity contribution in [2.75, 3.05) is 0 Å². The van der Waals surface area contributed by atoms with Crippen LogP contribution < -0.4 is 0 Å². The minimum Gasteiger partial charge on any atom is -0.321 e. The minimum absolute atomic E-state index is 0.198. The SMILES string of the molecule is FCc1cc(-c2nc3cc(F)c(F)cc3n2C2CC2)cnn1. The summed E-state index contributed by atoms with van der Waals surface area (Å²) in [4.78, 5) is 4.39. The van der Waals surface area contributed by atoms with Crippen molar-refractivity contribution >= 4 is 11.0 Å². The Hall–Kier alpha value is -2.44. The van der Waals surface area contributed by atoms with Gasteiger partial charge in [0.25, 0.3) is 0 Å². The van der Waals surface area contributed by atoms with E-state index in [0.717, 1.165) is 25.0 Å². The number of hydrogen-bond acceptors (Lipinski definition) is 3. The second-order valence-corrected chi connectivity index (χ2v) is 5.36. The second kappa shape index (κ2) is 4.79. The molecule has 1 fully saturated rings. The smallest absolute Gasteiger partial charge is 0.161 e. The maximum Gasteiger partial charge on any atom is 0.161 e. The third-order valence-corrected chi connectivity index (χ3v) is 3.74. The first-order valence-corrected chi connectivity index (χ1v) is 6.92. The summed E-state index contributed by atoms with van der Waals surface area (Å²) in [7, 11) is 0. The molecular weight excluding hydrogens is 293 g/mol. The van der Waals surface area contributed by atoms with E-state index in [-0.39, 0.29) is 11.7 Å². The number of rotatable bonds is 3. The molecule has 112 valence electrons. The highest BCUT2D eigenvalue weighted by Gasteiger charge is 2.29. The van der Waals surface area contributed by atoms with Crippen LogP contribution in [-0.4, -0.2) is 19.7 Å². The molecule has 0 radical (unpaired) electrons. The molecule has 0 atom stereocenters. The fraction of sp³-hybridized carbons (Fsp3) is 0.267. The molecule has 0 unspecified atom stereocenters. The Labute approximate surface area is 123 Å². The molecule has 0 bridgehead atoms. The molecule has 4 nitrogen and oxygen atoms in total. The third-order valence-electron chi connectivity index (χ3n) is 3.74. The van der Waals surface area contributed by atoms with E-state index in [4.69, 9.17) is 0 Å². The number of hydrogen-bond donors (Lipinski definition) is 0. The van der Waals surface area contributed by atoms with Gasteiger partial charge in [0.2, 0.25) is 0 Å². The van der Waals surface area contributed by atoms with Crippen LogP contribution in [0.1, 0.15) is 24.6 Å². The molecule has 1 aliphatic carbocycles. The highest BCUT2D eigenvalue weighted by molar-refractivity contribution is 5.81. The largest absolute Gasteiger partial charge is 0.321 e. The summed E-state index contributed by atoms with van der Waals surface area (Å²) < 4.78 is 41.6. The predicted octanol–water partition coefficient (Wildman–Crippen LogP) is 3.58. The van der Waals surface area contributed by atoms with E-state index in [9.17, 15) is 13.2 Å². The maximum absolute atomic E-state index is 13.6. The lowest BCUT2D eigenvalue weighted by Crippen LogP contribution is -2.00. The van der Waals surface area contributed by atoms with Crippen molar-refractivity contribution < 1.29 is 13.2 Å². The summed E-state index contributed by atoms with van der Waals surface area (Å²) in [6.07, 6.45) is 3.38. The lowest BCUT2D eigenvalue weighted by Gasteiger charge is -2.07. The topological polar surface area (TPSA) is 43.6 Å². The van der Waals surface area contributed by atoms with Gasteiger partial charge in [0.15, 0.2) is 11.6 Å². The van der Waals surface area contributed by atoms with Crippen LogP contribution in [0, 0.1) is 11.6 Å². The average molecular weight is 304 g/mol. The molecule has 22 heavy (non-hydrogen) atoms. The number of alkyl halides is 1. The summed E-state index contributed by atoms with van der Waals surface area (Å²) in [5.41, 5.74) is 1.70. The van der Waals surface area contributed by atoms with Gasteiger partial charge in [-0.1, -0.05) is 0 Å². The van der Waals surface area contributed by atoms with Crippen molar-refractivity contribution in [2.24, 2.45) is 0 Å². The van der Waals surface area contributed by atoms with E-state index < -0.39 is 18.3 Å². The van der Waals surface area contributed by atoms with Gasteiger partial charge in [-0.3, -0.25) is 0 Å². The van der Waals surface area contributed by atoms with Crippen molar-refractivity contribution in [3.8, 4) is 11.4 Å². The maximum atomic E-state index is 13.6. The van der Waals surface area contributed by atoms with Gasteiger partial charge in [0.1, 0.15) is 12.5 Å². The molecule has 1 aliphatic rings. The number of aromatic nitrogens is 4. The minimum atomic E-state index is -0.934. The van der Waals surface area contributed by atoms with Crippen molar-refractivity contribution in [3.05, 3.63) is 41.7 Å². The normalized spacial score (nSPS) is 14.7. The molecule has 0 amide bonds. The van der Waals surface area contributed by atoms with Gasteiger partial charge >= 0.3 is 0 Å². The molecule has 1 saturated carbocycles. The monoisotopic (exact) mass is 304 g/mol. The number of halogens is 3. The van der Waals surface area contributed by atoms with Gasteiger partial charge in [-0.2, -0.15) is 10.2 Å². The average Bonchev–Trinajstić information content (AvgIpc) is 3.30. The zero-order valence-corrected chi connectivity index (χ0v) is 11.4. The molecular formula is C15H11F3N4. The Morgan fingerprint density at radius 3 is 2.64 bits per heavy atom. The Kier molecular flexibility index (Phi) is 2.88. The first kappa shape index (κ1) is 13.2. The molecule has 4 rings (SSSR count). The highest BCUT2D eigenvalue weighted by Crippen LogP contribution is 2.41. The van der Waals surface area contributed by atoms with E-state index in [1.54, 1.807) is 6.07 Å². The van der Waals surface area contributed by atoms with Crippen molar-refractivity contribution in [1.29, 1.82) is 0 Å². The zero-order chi connectivity index (χ0) is 15.3. The molecule has 0 aliphatic heterocycles. The molecule has 2 heterocycles. The van der Waals surface area contributed by atoms with Crippen LogP contribution in [0.3, 0.4) is 0 Å². The summed E-state index contributed by atoms with van der Waals surface area (Å²) in [6.45, 7) is -0.728.